The van der Waals surface area contributed by atoms with E-state index in [1.165, 1.54) is 0 Å². The van der Waals surface area contributed by atoms with Gasteiger partial charge in [-0.3, -0.25) is 9.48 Å². The zero-order valence-corrected chi connectivity index (χ0v) is 10.2. The summed E-state index contributed by atoms with van der Waals surface area (Å²) in [5, 5.41) is 0.281. The summed E-state index contributed by atoms with van der Waals surface area (Å²) in [5.74, 6) is 0. The van der Waals surface area contributed by atoms with E-state index in [9.17, 15) is 4.79 Å². The summed E-state index contributed by atoms with van der Waals surface area (Å²) in [5.41, 5.74) is 2.58. The third kappa shape index (κ3) is 1.57. The van der Waals surface area contributed by atoms with Gasteiger partial charge in [-0.2, -0.15) is 0 Å². The van der Waals surface area contributed by atoms with Gasteiger partial charge in [0.25, 0.3) is 5.56 Å². The van der Waals surface area contributed by atoms with E-state index in [-0.39, 0.29) is 10.6 Å². The maximum atomic E-state index is 11.9. The Bertz CT molecular complexity index is 578. The molecule has 1 aromatic heterocycles. The highest BCUT2D eigenvalue weighted by Crippen LogP contribution is 2.14. The predicted octanol–water partition coefficient (Wildman–Crippen LogP) is 2.45. The molecule has 0 radical (unpaired) electrons. The first-order valence-corrected chi connectivity index (χ1v) is 5.41. The fraction of sp³-hybridized carbons (Fsp3) is 0.250. The monoisotopic (exact) mass is 236 g/mol. The Morgan fingerprint density at radius 3 is 2.12 bits per heavy atom. The van der Waals surface area contributed by atoms with Gasteiger partial charge in [0.05, 0.1) is 11.4 Å². The molecule has 1 heterocycles. The molecule has 0 fully saturated rings. The Balaban J connectivity index is 2.70. The van der Waals surface area contributed by atoms with Crippen molar-refractivity contribution in [1.82, 2.24) is 9.36 Å². The number of halogens is 1. The van der Waals surface area contributed by atoms with Crippen molar-refractivity contribution in [2.75, 3.05) is 0 Å². The minimum atomic E-state index is -0.175. The standard InChI is InChI=1S/C12H13ClN2O/c1-8-4-6-10(7-5-8)15-12(16)11(13)9(2)14(15)3/h4-7H,1-3H3. The van der Waals surface area contributed by atoms with E-state index in [1.807, 2.05) is 45.2 Å². The number of hydrogen-bond donors (Lipinski definition) is 0. The van der Waals surface area contributed by atoms with Gasteiger partial charge >= 0.3 is 0 Å². The number of aromatic nitrogens is 2. The number of aryl methyl sites for hydroxylation is 1. The highest BCUT2D eigenvalue weighted by atomic mass is 35.5. The van der Waals surface area contributed by atoms with Crippen molar-refractivity contribution in [3.8, 4) is 5.69 Å². The van der Waals surface area contributed by atoms with Gasteiger partial charge in [-0.05, 0) is 26.0 Å². The van der Waals surface area contributed by atoms with Gasteiger partial charge in [0.1, 0.15) is 5.02 Å². The normalized spacial score (nSPS) is 10.8. The molecule has 16 heavy (non-hydrogen) atoms. The Morgan fingerprint density at radius 2 is 1.69 bits per heavy atom. The van der Waals surface area contributed by atoms with Gasteiger partial charge in [-0.25, -0.2) is 4.68 Å². The number of hydrogen-bond acceptors (Lipinski definition) is 1. The second-order valence-electron chi connectivity index (χ2n) is 3.88. The Labute approximate surface area is 98.9 Å². The van der Waals surface area contributed by atoms with Crippen LogP contribution in [0, 0.1) is 13.8 Å². The van der Waals surface area contributed by atoms with Gasteiger partial charge in [0.15, 0.2) is 0 Å². The summed E-state index contributed by atoms with van der Waals surface area (Å²) >= 11 is 5.93. The van der Waals surface area contributed by atoms with Crippen LogP contribution in [0.4, 0.5) is 0 Å². The molecule has 2 aromatic rings. The zero-order valence-electron chi connectivity index (χ0n) is 9.49. The molecule has 84 valence electrons. The minimum Gasteiger partial charge on any atom is -0.284 e. The number of benzene rings is 1. The van der Waals surface area contributed by atoms with E-state index >= 15 is 0 Å². The second-order valence-corrected chi connectivity index (χ2v) is 4.25. The van der Waals surface area contributed by atoms with E-state index < -0.39 is 0 Å². The Kier molecular flexibility index (Phi) is 2.64. The molecule has 0 bridgehead atoms. The van der Waals surface area contributed by atoms with Crippen LogP contribution in [-0.4, -0.2) is 9.36 Å². The summed E-state index contributed by atoms with van der Waals surface area (Å²) in [6.45, 7) is 3.84. The summed E-state index contributed by atoms with van der Waals surface area (Å²) in [6.07, 6.45) is 0. The van der Waals surface area contributed by atoms with Crippen LogP contribution in [0.25, 0.3) is 5.69 Å². The topological polar surface area (TPSA) is 26.9 Å². The zero-order chi connectivity index (χ0) is 11.9. The molecule has 0 aliphatic rings. The molecular formula is C12H13ClN2O. The van der Waals surface area contributed by atoms with Crippen LogP contribution >= 0.6 is 11.6 Å². The summed E-state index contributed by atoms with van der Waals surface area (Å²) in [7, 11) is 1.82. The first kappa shape index (κ1) is 11.0. The molecule has 0 amide bonds. The quantitative estimate of drug-likeness (QED) is 0.747. The average Bonchev–Trinajstić information content (AvgIpc) is 2.46. The van der Waals surface area contributed by atoms with Crippen molar-refractivity contribution in [1.29, 1.82) is 0 Å². The molecule has 0 saturated carbocycles. The lowest BCUT2D eigenvalue weighted by molar-refractivity contribution is 0.630. The fourth-order valence-corrected chi connectivity index (χ4v) is 1.85. The maximum Gasteiger partial charge on any atom is 0.290 e. The van der Waals surface area contributed by atoms with Gasteiger partial charge in [-0.1, -0.05) is 29.3 Å². The van der Waals surface area contributed by atoms with Crippen molar-refractivity contribution in [3.63, 3.8) is 0 Å². The van der Waals surface area contributed by atoms with Crippen molar-refractivity contribution in [2.45, 2.75) is 13.8 Å². The van der Waals surface area contributed by atoms with E-state index in [0.717, 1.165) is 16.9 Å². The molecule has 2 rings (SSSR count). The van der Waals surface area contributed by atoms with Crippen molar-refractivity contribution in [3.05, 3.63) is 50.9 Å². The van der Waals surface area contributed by atoms with E-state index in [2.05, 4.69) is 0 Å². The molecule has 1 aromatic carbocycles. The average molecular weight is 237 g/mol. The van der Waals surface area contributed by atoms with Crippen molar-refractivity contribution >= 4 is 11.6 Å². The molecular weight excluding hydrogens is 224 g/mol. The summed E-state index contributed by atoms with van der Waals surface area (Å²) in [4.78, 5) is 11.9. The molecule has 0 unspecified atom stereocenters. The molecule has 0 N–H and O–H groups in total. The fourth-order valence-electron chi connectivity index (χ4n) is 1.65. The van der Waals surface area contributed by atoms with Crippen molar-refractivity contribution < 1.29 is 0 Å². The molecule has 0 atom stereocenters. The maximum absolute atomic E-state index is 11.9. The van der Waals surface area contributed by atoms with Gasteiger partial charge in [0.2, 0.25) is 0 Å². The smallest absolute Gasteiger partial charge is 0.284 e. The van der Waals surface area contributed by atoms with Crippen LogP contribution in [0.2, 0.25) is 5.02 Å². The van der Waals surface area contributed by atoms with Crippen LogP contribution in [0.1, 0.15) is 11.3 Å². The first-order chi connectivity index (χ1) is 7.52. The summed E-state index contributed by atoms with van der Waals surface area (Å²) < 4.78 is 3.33. The number of rotatable bonds is 1. The molecule has 3 nitrogen and oxygen atoms in total. The van der Waals surface area contributed by atoms with Crippen LogP contribution in [0.3, 0.4) is 0 Å². The summed E-state index contributed by atoms with van der Waals surface area (Å²) in [6, 6.07) is 7.76. The largest absolute Gasteiger partial charge is 0.290 e. The van der Waals surface area contributed by atoms with Crippen LogP contribution in [-0.2, 0) is 7.05 Å². The Hall–Kier alpha value is -1.48. The predicted molar refractivity (Wildman–Crippen MR) is 65.5 cm³/mol. The highest BCUT2D eigenvalue weighted by Gasteiger charge is 2.13. The van der Waals surface area contributed by atoms with Crippen LogP contribution in [0.5, 0.6) is 0 Å². The SMILES string of the molecule is Cc1ccc(-n2c(=O)c(Cl)c(C)n2C)cc1. The molecule has 0 spiro atoms. The number of nitrogens with zero attached hydrogens (tertiary/aromatic N) is 2. The second kappa shape index (κ2) is 3.83. The third-order valence-electron chi connectivity index (χ3n) is 2.76. The lowest BCUT2D eigenvalue weighted by Gasteiger charge is -2.08. The molecule has 4 heteroatoms. The minimum absolute atomic E-state index is 0.175. The lowest BCUT2D eigenvalue weighted by atomic mass is 10.2. The lowest BCUT2D eigenvalue weighted by Crippen LogP contribution is -2.19. The van der Waals surface area contributed by atoms with Crippen LogP contribution < -0.4 is 5.56 Å². The van der Waals surface area contributed by atoms with E-state index in [0.29, 0.717) is 0 Å². The Morgan fingerprint density at radius 1 is 1.12 bits per heavy atom. The molecule has 0 aliphatic carbocycles. The van der Waals surface area contributed by atoms with Crippen molar-refractivity contribution in [2.24, 2.45) is 7.05 Å². The van der Waals surface area contributed by atoms with Gasteiger partial charge < -0.3 is 0 Å². The molecule has 0 saturated heterocycles. The first-order valence-electron chi connectivity index (χ1n) is 5.03. The highest BCUT2D eigenvalue weighted by molar-refractivity contribution is 6.31. The molecule has 0 aliphatic heterocycles. The third-order valence-corrected chi connectivity index (χ3v) is 3.20. The van der Waals surface area contributed by atoms with E-state index in [1.54, 1.807) is 9.36 Å². The van der Waals surface area contributed by atoms with Crippen LogP contribution in [0.15, 0.2) is 29.1 Å². The van der Waals surface area contributed by atoms with E-state index in [4.69, 9.17) is 11.6 Å². The van der Waals surface area contributed by atoms with Gasteiger partial charge in [0, 0.05) is 7.05 Å². The van der Waals surface area contributed by atoms with Gasteiger partial charge in [-0.15, -0.1) is 0 Å².